The predicted octanol–water partition coefficient (Wildman–Crippen LogP) is 5.31. The number of aliphatic hydroxyl groups is 1. The summed E-state index contributed by atoms with van der Waals surface area (Å²) in [7, 11) is 0. The number of ether oxygens (including phenoxy) is 3. The Morgan fingerprint density at radius 3 is 1.84 bits per heavy atom. The molecule has 0 aromatic rings. The molecule has 0 bridgehead atoms. The van der Waals surface area contributed by atoms with Crippen molar-refractivity contribution >= 4 is 35.6 Å². The molecule has 0 unspecified atom stereocenters. The maximum Gasteiger partial charge on any atom is 0.410 e. The van der Waals surface area contributed by atoms with Gasteiger partial charge in [-0.1, -0.05) is 25.7 Å². The summed E-state index contributed by atoms with van der Waals surface area (Å²) in [5.41, 5.74) is -0.982. The molecule has 280 valence electrons. The number of morpholine rings is 1. The van der Waals surface area contributed by atoms with E-state index in [1.807, 2.05) is 46.4 Å². The van der Waals surface area contributed by atoms with Gasteiger partial charge < -0.3 is 38.9 Å². The number of piperidine rings is 2. The van der Waals surface area contributed by atoms with Gasteiger partial charge >= 0.3 is 12.2 Å². The molecule has 3 saturated heterocycles. The molecule has 2 saturated carbocycles. The Balaban J connectivity index is 0.000000221. The maximum absolute atomic E-state index is 12.4. The number of carbonyl (C=O) groups excluding carboxylic acids is 4. The van der Waals surface area contributed by atoms with Crippen LogP contribution in [0.5, 0.6) is 0 Å². The van der Waals surface area contributed by atoms with Crippen molar-refractivity contribution in [1.82, 2.24) is 19.6 Å². The van der Waals surface area contributed by atoms with Gasteiger partial charge in [-0.15, -0.1) is 11.6 Å². The topological polar surface area (TPSA) is 129 Å². The molecule has 49 heavy (non-hydrogen) atoms. The Morgan fingerprint density at radius 2 is 1.31 bits per heavy atom. The lowest BCUT2D eigenvalue weighted by atomic mass is 9.87. The highest BCUT2D eigenvalue weighted by atomic mass is 35.5. The van der Waals surface area contributed by atoms with Crippen molar-refractivity contribution in [2.75, 3.05) is 38.7 Å². The quantitative estimate of drug-likeness (QED) is 0.389. The molecule has 0 aromatic heterocycles. The van der Waals surface area contributed by atoms with Gasteiger partial charge in [-0.05, 0) is 92.9 Å². The molecule has 1 N–H and O–H groups in total. The van der Waals surface area contributed by atoms with Gasteiger partial charge in [-0.2, -0.15) is 0 Å². The zero-order valence-electron chi connectivity index (χ0n) is 30.7. The number of hydrogen-bond donors (Lipinski definition) is 1. The van der Waals surface area contributed by atoms with Crippen LogP contribution in [0, 0.1) is 0 Å². The fourth-order valence-electron chi connectivity index (χ4n) is 7.95. The largest absolute Gasteiger partial charge is 0.444 e. The molecule has 5 rings (SSSR count). The van der Waals surface area contributed by atoms with Crippen molar-refractivity contribution in [1.29, 1.82) is 0 Å². The minimum Gasteiger partial charge on any atom is -0.444 e. The molecule has 12 nitrogen and oxygen atoms in total. The van der Waals surface area contributed by atoms with Gasteiger partial charge in [-0.25, -0.2) is 9.59 Å². The van der Waals surface area contributed by atoms with Crippen molar-refractivity contribution in [3.63, 3.8) is 0 Å². The monoisotopic (exact) mass is 712 g/mol. The minimum absolute atomic E-state index is 0.0164. The Morgan fingerprint density at radius 1 is 0.796 bits per heavy atom. The van der Waals surface area contributed by atoms with E-state index >= 15 is 0 Å². The van der Waals surface area contributed by atoms with Crippen molar-refractivity contribution in [3.8, 4) is 0 Å². The molecular formula is C36H61ClN4O8. The van der Waals surface area contributed by atoms with Crippen LogP contribution in [0.3, 0.4) is 0 Å². The molecule has 3 aliphatic heterocycles. The fourth-order valence-corrected chi connectivity index (χ4v) is 8.09. The standard InChI is InChI=1S/C18H31ClN2O4.C18H30N2O4/c1-18(2,3)25-17(24)20-10-8-13(9-11-20)21(16(23)12-19)14-6-4-5-7-15(14)22;1-18(2,3)24-17(22)19-10-8-13(9-11-19)20-14-6-4-5-7-15(14)23-12-16(20)21/h13-15,22H,4-12H2,1-3H3;13-15H,4-12H2,1-3H3/t2*14-,15-/m00/s1. The number of alkyl halides is 1. The summed E-state index contributed by atoms with van der Waals surface area (Å²) in [4.78, 5) is 56.6. The van der Waals surface area contributed by atoms with Crippen molar-refractivity contribution in [2.24, 2.45) is 0 Å². The summed E-state index contributed by atoms with van der Waals surface area (Å²) in [5, 5.41) is 10.4. The van der Waals surface area contributed by atoms with Crippen LogP contribution < -0.4 is 0 Å². The molecule has 0 spiro atoms. The first-order chi connectivity index (χ1) is 23.1. The molecule has 0 radical (unpaired) electrons. The summed E-state index contributed by atoms with van der Waals surface area (Å²) < 4.78 is 16.6. The summed E-state index contributed by atoms with van der Waals surface area (Å²) in [6, 6.07) is 0.324. The number of rotatable bonds is 4. The van der Waals surface area contributed by atoms with Crippen molar-refractivity contribution in [2.45, 2.75) is 166 Å². The summed E-state index contributed by atoms with van der Waals surface area (Å²) >= 11 is 5.83. The molecule has 0 aromatic carbocycles. The third-order valence-electron chi connectivity index (χ3n) is 10.2. The number of aliphatic hydroxyl groups excluding tert-OH is 1. The van der Waals surface area contributed by atoms with Gasteiger partial charge in [0.05, 0.1) is 24.3 Å². The van der Waals surface area contributed by atoms with E-state index in [-0.39, 0.29) is 66.8 Å². The normalized spacial score (nSPS) is 27.4. The van der Waals surface area contributed by atoms with Crippen molar-refractivity contribution < 1.29 is 38.5 Å². The first kappa shape index (κ1) is 39.5. The van der Waals surface area contributed by atoms with Gasteiger partial charge in [0.25, 0.3) is 0 Å². The lowest BCUT2D eigenvalue weighted by Gasteiger charge is -2.49. The molecule has 2 aliphatic carbocycles. The lowest BCUT2D eigenvalue weighted by Crippen LogP contribution is -2.61. The number of halogens is 1. The van der Waals surface area contributed by atoms with Gasteiger partial charge in [0, 0.05) is 38.3 Å². The van der Waals surface area contributed by atoms with Gasteiger partial charge in [0.15, 0.2) is 0 Å². The van der Waals surface area contributed by atoms with E-state index in [0.717, 1.165) is 51.4 Å². The zero-order valence-corrected chi connectivity index (χ0v) is 31.4. The average molecular weight is 713 g/mol. The van der Waals surface area contributed by atoms with Crippen LogP contribution in [-0.4, -0.2) is 135 Å². The number of carbonyl (C=O) groups is 4. The van der Waals surface area contributed by atoms with Crippen LogP contribution in [0.1, 0.15) is 119 Å². The van der Waals surface area contributed by atoms with Gasteiger partial charge in [-0.3, -0.25) is 9.59 Å². The lowest BCUT2D eigenvalue weighted by molar-refractivity contribution is -0.166. The second kappa shape index (κ2) is 17.3. The summed E-state index contributed by atoms with van der Waals surface area (Å²) in [5.74, 6) is -0.0765. The molecule has 4 amide bonds. The average Bonchev–Trinajstić information content (AvgIpc) is 3.05. The van der Waals surface area contributed by atoms with E-state index in [1.165, 1.54) is 12.8 Å². The third-order valence-corrected chi connectivity index (χ3v) is 10.4. The van der Waals surface area contributed by atoms with Crippen LogP contribution >= 0.6 is 11.6 Å². The molecule has 4 atom stereocenters. The first-order valence-electron chi connectivity index (χ1n) is 18.5. The van der Waals surface area contributed by atoms with Crippen molar-refractivity contribution in [3.05, 3.63) is 0 Å². The van der Waals surface area contributed by atoms with E-state index in [2.05, 4.69) is 4.90 Å². The Hall–Kier alpha value is -2.31. The molecular weight excluding hydrogens is 652 g/mol. The second-order valence-electron chi connectivity index (χ2n) is 16.3. The van der Waals surface area contributed by atoms with E-state index in [0.29, 0.717) is 39.0 Å². The SMILES string of the molecule is CC(C)(C)OC(=O)N1CCC(N(C(=O)CCl)[C@H]2CCCC[C@@H]2O)CC1.CC(C)(C)OC(=O)N1CCC(N2C(=O)CO[C@H]3CCCC[C@@H]32)CC1. The highest BCUT2D eigenvalue weighted by Crippen LogP contribution is 2.33. The predicted molar refractivity (Wildman–Crippen MR) is 186 cm³/mol. The summed E-state index contributed by atoms with van der Waals surface area (Å²) in [6.45, 7) is 13.8. The molecule has 5 fully saturated rings. The maximum atomic E-state index is 12.4. The fraction of sp³-hybridized carbons (Fsp3) is 0.889. The number of hydrogen-bond acceptors (Lipinski definition) is 8. The molecule has 13 heteroatoms. The molecule has 5 aliphatic rings. The molecule has 3 heterocycles. The van der Waals surface area contributed by atoms with Crippen LogP contribution in [-0.2, 0) is 23.8 Å². The van der Waals surface area contributed by atoms with E-state index in [4.69, 9.17) is 25.8 Å². The third kappa shape index (κ3) is 11.1. The number of amides is 4. The van der Waals surface area contributed by atoms with Crippen LogP contribution in [0.15, 0.2) is 0 Å². The van der Waals surface area contributed by atoms with E-state index in [1.54, 1.807) is 9.80 Å². The Labute approximate surface area is 298 Å². The van der Waals surface area contributed by atoms with Gasteiger partial charge in [0.2, 0.25) is 11.8 Å². The first-order valence-corrected chi connectivity index (χ1v) is 19.0. The van der Waals surface area contributed by atoms with Crippen LogP contribution in [0.25, 0.3) is 0 Å². The minimum atomic E-state index is -0.513. The summed E-state index contributed by atoms with van der Waals surface area (Å²) in [6.07, 6.45) is 10.2. The highest BCUT2D eigenvalue weighted by molar-refractivity contribution is 6.27. The zero-order chi connectivity index (χ0) is 35.9. The second-order valence-corrected chi connectivity index (χ2v) is 16.5. The Bertz CT molecular complexity index is 1130. The van der Waals surface area contributed by atoms with E-state index < -0.39 is 17.3 Å². The van der Waals surface area contributed by atoms with Gasteiger partial charge in [0.1, 0.15) is 23.7 Å². The van der Waals surface area contributed by atoms with Crippen LogP contribution in [0.4, 0.5) is 9.59 Å². The number of likely N-dealkylation sites (tertiary alicyclic amines) is 2. The van der Waals surface area contributed by atoms with Crippen LogP contribution in [0.2, 0.25) is 0 Å². The number of nitrogens with zero attached hydrogens (tertiary/aromatic N) is 4. The highest BCUT2D eigenvalue weighted by Gasteiger charge is 2.43. The smallest absolute Gasteiger partial charge is 0.410 e. The number of fused-ring (bicyclic) bond motifs is 1. The van der Waals surface area contributed by atoms with E-state index in [9.17, 15) is 24.3 Å². The Kier molecular flexibility index (Phi) is 13.9.